The molecule has 0 saturated heterocycles. The van der Waals surface area contributed by atoms with Gasteiger partial charge in [0.25, 0.3) is 5.91 Å². The summed E-state index contributed by atoms with van der Waals surface area (Å²) in [6.07, 6.45) is 2.73. The lowest BCUT2D eigenvalue weighted by atomic mass is 9.84. The molecule has 1 aliphatic carbocycles. The second-order valence-electron chi connectivity index (χ2n) is 5.67. The maximum Gasteiger partial charge on any atom is 0.254 e. The second kappa shape index (κ2) is 6.18. The van der Waals surface area contributed by atoms with E-state index in [1.165, 1.54) is 0 Å². The van der Waals surface area contributed by atoms with Crippen molar-refractivity contribution in [3.05, 3.63) is 35.4 Å². The number of amides is 1. The maximum atomic E-state index is 12.5. The van der Waals surface area contributed by atoms with Gasteiger partial charge in [0, 0.05) is 12.6 Å². The van der Waals surface area contributed by atoms with Crippen LogP contribution < -0.4 is 0 Å². The van der Waals surface area contributed by atoms with E-state index < -0.39 is 6.10 Å². The van der Waals surface area contributed by atoms with Crippen LogP contribution in [0.2, 0.25) is 0 Å². The zero-order valence-corrected chi connectivity index (χ0v) is 12.0. The predicted molar refractivity (Wildman–Crippen MR) is 76.7 cm³/mol. The van der Waals surface area contributed by atoms with Crippen molar-refractivity contribution in [2.24, 2.45) is 5.92 Å². The van der Waals surface area contributed by atoms with Crippen LogP contribution in [-0.2, 0) is 0 Å². The number of aliphatic hydroxyl groups excluding tert-OH is 1. The van der Waals surface area contributed by atoms with Gasteiger partial charge in [-0.1, -0.05) is 25.1 Å². The minimum atomic E-state index is -0.490. The fourth-order valence-electron chi connectivity index (χ4n) is 2.92. The number of likely N-dealkylation sites (N-methyl/N-ethyl adjacent to an activating group) is 1. The third-order valence-electron chi connectivity index (χ3n) is 4.18. The van der Waals surface area contributed by atoms with Crippen molar-refractivity contribution >= 4 is 12.2 Å². The van der Waals surface area contributed by atoms with Gasteiger partial charge in [0.05, 0.1) is 17.7 Å². The Hall–Kier alpha value is -1.68. The molecule has 1 saturated carbocycles. The summed E-state index contributed by atoms with van der Waals surface area (Å²) in [7, 11) is 1.70. The van der Waals surface area contributed by atoms with Crippen LogP contribution in [0.5, 0.6) is 0 Å². The van der Waals surface area contributed by atoms with Crippen molar-refractivity contribution in [2.75, 3.05) is 7.05 Å². The lowest BCUT2D eigenvalue weighted by Gasteiger charge is -2.37. The van der Waals surface area contributed by atoms with Crippen LogP contribution in [0.3, 0.4) is 0 Å². The smallest absolute Gasteiger partial charge is 0.254 e. The molecular formula is C16H21NO3. The zero-order chi connectivity index (χ0) is 14.7. The van der Waals surface area contributed by atoms with Crippen LogP contribution >= 0.6 is 0 Å². The minimum Gasteiger partial charge on any atom is -0.391 e. The highest BCUT2D eigenvalue weighted by molar-refractivity contribution is 6.01. The van der Waals surface area contributed by atoms with Gasteiger partial charge in [0.1, 0.15) is 0 Å². The Kier molecular flexibility index (Phi) is 4.55. The van der Waals surface area contributed by atoms with E-state index >= 15 is 0 Å². The fourth-order valence-corrected chi connectivity index (χ4v) is 2.92. The minimum absolute atomic E-state index is 0.168. The van der Waals surface area contributed by atoms with Crippen molar-refractivity contribution in [2.45, 2.75) is 38.3 Å². The highest BCUT2D eigenvalue weighted by Gasteiger charge is 2.32. The summed E-state index contributed by atoms with van der Waals surface area (Å²) < 4.78 is 0. The number of carbonyl (C=O) groups excluding carboxylic acids is 2. The summed E-state index contributed by atoms with van der Waals surface area (Å²) in [5.74, 6) is 0.290. The molecule has 2 unspecified atom stereocenters. The highest BCUT2D eigenvalue weighted by atomic mass is 16.3. The molecule has 2 rings (SSSR count). The van der Waals surface area contributed by atoms with E-state index in [2.05, 4.69) is 6.92 Å². The van der Waals surface area contributed by atoms with E-state index in [4.69, 9.17) is 0 Å². The predicted octanol–water partition coefficient (Wildman–Crippen LogP) is 2.12. The molecule has 0 spiro atoms. The summed E-state index contributed by atoms with van der Waals surface area (Å²) in [5, 5.41) is 10.2. The number of hydrogen-bond acceptors (Lipinski definition) is 3. The van der Waals surface area contributed by atoms with Gasteiger partial charge in [-0.3, -0.25) is 9.59 Å². The van der Waals surface area contributed by atoms with Crippen molar-refractivity contribution < 1.29 is 14.7 Å². The fraction of sp³-hybridized carbons (Fsp3) is 0.500. The highest BCUT2D eigenvalue weighted by Crippen LogP contribution is 2.28. The van der Waals surface area contributed by atoms with Crippen LogP contribution in [0.4, 0.5) is 0 Å². The van der Waals surface area contributed by atoms with Gasteiger partial charge in [-0.05, 0) is 31.2 Å². The lowest BCUT2D eigenvalue weighted by Crippen LogP contribution is -2.47. The van der Waals surface area contributed by atoms with Gasteiger partial charge < -0.3 is 10.0 Å². The Morgan fingerprint density at radius 3 is 2.70 bits per heavy atom. The van der Waals surface area contributed by atoms with Gasteiger partial charge in [-0.25, -0.2) is 0 Å². The SMILES string of the molecule is CC1CC[C@@H](N(C)C(=O)c2ccccc2C=O)C(O)C1. The van der Waals surface area contributed by atoms with Gasteiger partial charge in [0.15, 0.2) is 6.29 Å². The molecule has 0 bridgehead atoms. The van der Waals surface area contributed by atoms with E-state index in [0.29, 0.717) is 23.3 Å². The molecule has 1 aromatic carbocycles. The molecule has 1 N–H and O–H groups in total. The standard InChI is InChI=1S/C16H21NO3/c1-11-7-8-14(15(19)9-11)17(2)16(20)13-6-4-3-5-12(13)10-18/h3-6,10-11,14-15,19H,7-9H2,1-2H3/t11?,14-,15?/m1/s1. The molecule has 1 fully saturated rings. The topological polar surface area (TPSA) is 57.6 Å². The Labute approximate surface area is 119 Å². The molecule has 108 valence electrons. The molecule has 20 heavy (non-hydrogen) atoms. The van der Waals surface area contributed by atoms with Crippen molar-refractivity contribution in [1.82, 2.24) is 4.90 Å². The summed E-state index contributed by atoms with van der Waals surface area (Å²) >= 11 is 0. The average molecular weight is 275 g/mol. The molecule has 1 aromatic rings. The monoisotopic (exact) mass is 275 g/mol. The number of carbonyl (C=O) groups is 2. The summed E-state index contributed by atoms with van der Waals surface area (Å²) in [6.45, 7) is 2.11. The van der Waals surface area contributed by atoms with Crippen molar-refractivity contribution in [1.29, 1.82) is 0 Å². The van der Waals surface area contributed by atoms with Crippen molar-refractivity contribution in [3.63, 3.8) is 0 Å². The Bertz CT molecular complexity index is 500. The number of benzene rings is 1. The Balaban J connectivity index is 2.18. The van der Waals surface area contributed by atoms with Gasteiger partial charge in [0.2, 0.25) is 0 Å². The third-order valence-corrected chi connectivity index (χ3v) is 4.18. The Morgan fingerprint density at radius 2 is 2.05 bits per heavy atom. The zero-order valence-electron chi connectivity index (χ0n) is 12.0. The first-order valence-corrected chi connectivity index (χ1v) is 7.04. The first-order chi connectivity index (χ1) is 9.54. The van der Waals surface area contributed by atoms with Crippen molar-refractivity contribution in [3.8, 4) is 0 Å². The number of hydrogen-bond donors (Lipinski definition) is 1. The summed E-state index contributed by atoms with van der Waals surface area (Å²) in [5.41, 5.74) is 0.791. The third kappa shape index (κ3) is 2.90. The quantitative estimate of drug-likeness (QED) is 0.860. The molecule has 3 atom stereocenters. The van der Waals surface area contributed by atoms with Gasteiger partial charge in [-0.2, -0.15) is 0 Å². The molecular weight excluding hydrogens is 254 g/mol. The number of rotatable bonds is 3. The second-order valence-corrected chi connectivity index (χ2v) is 5.67. The largest absolute Gasteiger partial charge is 0.391 e. The van der Waals surface area contributed by atoms with E-state index in [1.54, 1.807) is 36.2 Å². The normalized spacial score (nSPS) is 26.1. The number of aldehydes is 1. The van der Waals surface area contributed by atoms with E-state index in [-0.39, 0.29) is 11.9 Å². The van der Waals surface area contributed by atoms with E-state index in [1.807, 2.05) is 0 Å². The number of nitrogens with zero attached hydrogens (tertiary/aromatic N) is 1. The average Bonchev–Trinajstić information content (AvgIpc) is 2.45. The Morgan fingerprint density at radius 1 is 1.35 bits per heavy atom. The molecule has 0 aliphatic heterocycles. The molecule has 0 aromatic heterocycles. The first kappa shape index (κ1) is 14.7. The lowest BCUT2D eigenvalue weighted by molar-refractivity contribution is 0.0153. The summed E-state index contributed by atoms with van der Waals surface area (Å²) in [6, 6.07) is 6.59. The van der Waals surface area contributed by atoms with Crippen LogP contribution in [0.15, 0.2) is 24.3 Å². The van der Waals surface area contributed by atoms with Gasteiger partial charge in [-0.15, -0.1) is 0 Å². The molecule has 0 heterocycles. The van der Waals surface area contributed by atoms with E-state index in [9.17, 15) is 14.7 Å². The molecule has 4 nitrogen and oxygen atoms in total. The first-order valence-electron chi connectivity index (χ1n) is 7.04. The summed E-state index contributed by atoms with van der Waals surface area (Å²) in [4.78, 5) is 25.1. The molecule has 0 radical (unpaired) electrons. The van der Waals surface area contributed by atoms with Crippen LogP contribution in [0, 0.1) is 5.92 Å². The molecule has 1 amide bonds. The van der Waals surface area contributed by atoms with Crippen LogP contribution in [-0.4, -0.2) is 41.4 Å². The van der Waals surface area contributed by atoms with Crippen LogP contribution in [0.1, 0.15) is 46.9 Å². The maximum absolute atomic E-state index is 12.5. The number of aliphatic hydroxyl groups is 1. The molecule has 1 aliphatic rings. The van der Waals surface area contributed by atoms with Crippen LogP contribution in [0.25, 0.3) is 0 Å². The van der Waals surface area contributed by atoms with E-state index in [0.717, 1.165) is 19.3 Å². The van der Waals surface area contributed by atoms with Gasteiger partial charge >= 0.3 is 0 Å². The molecule has 4 heteroatoms.